The lowest BCUT2D eigenvalue weighted by molar-refractivity contribution is 0.0843. The van der Waals surface area contributed by atoms with Crippen LogP contribution >= 0.6 is 23.4 Å². The third-order valence-electron chi connectivity index (χ3n) is 2.52. The van der Waals surface area contributed by atoms with E-state index in [0.29, 0.717) is 5.16 Å². The Kier molecular flexibility index (Phi) is 5.29. The Labute approximate surface area is 134 Å². The van der Waals surface area contributed by atoms with Crippen LogP contribution in [0.25, 0.3) is 0 Å². The number of nitrogens with zero attached hydrogens (tertiary/aromatic N) is 2. The van der Waals surface area contributed by atoms with Crippen LogP contribution < -0.4 is 10.9 Å². The number of carbonyl (C=O) groups is 2. The quantitative estimate of drug-likeness (QED) is 0.507. The van der Waals surface area contributed by atoms with Crippen LogP contribution in [0.2, 0.25) is 5.02 Å². The largest absolute Gasteiger partial charge is 0.289 e. The molecule has 2 amide bonds. The first-order chi connectivity index (χ1) is 10.5. The van der Waals surface area contributed by atoms with Crippen molar-refractivity contribution in [1.82, 2.24) is 20.8 Å². The molecule has 0 aliphatic heterocycles. The van der Waals surface area contributed by atoms with Crippen LogP contribution in [0.5, 0.6) is 0 Å². The van der Waals surface area contributed by atoms with Crippen molar-refractivity contribution in [2.75, 3.05) is 6.26 Å². The van der Waals surface area contributed by atoms with Gasteiger partial charge in [0.25, 0.3) is 11.8 Å². The molecule has 6 nitrogen and oxygen atoms in total. The average molecular weight is 341 g/mol. The van der Waals surface area contributed by atoms with Gasteiger partial charge in [-0.25, -0.2) is 14.4 Å². The molecule has 0 atom stereocenters. The second-order valence-electron chi connectivity index (χ2n) is 3.97. The summed E-state index contributed by atoms with van der Waals surface area (Å²) in [5, 5.41) is 0.436. The van der Waals surface area contributed by atoms with Crippen molar-refractivity contribution in [3.05, 3.63) is 52.6 Å². The minimum absolute atomic E-state index is 0.0552. The average Bonchev–Trinajstić information content (AvgIpc) is 2.53. The molecule has 9 heteroatoms. The maximum Gasteiger partial charge on any atom is 0.289 e. The van der Waals surface area contributed by atoms with Gasteiger partial charge in [0.15, 0.2) is 10.9 Å². The summed E-state index contributed by atoms with van der Waals surface area (Å²) in [5.41, 5.74) is 4.52. The first kappa shape index (κ1) is 16.2. The molecule has 22 heavy (non-hydrogen) atoms. The number of rotatable bonds is 3. The van der Waals surface area contributed by atoms with Crippen molar-refractivity contribution >= 4 is 35.2 Å². The first-order valence-corrected chi connectivity index (χ1v) is 7.54. The Morgan fingerprint density at radius 2 is 1.82 bits per heavy atom. The van der Waals surface area contributed by atoms with Crippen LogP contribution in [-0.4, -0.2) is 28.0 Å². The number of carbonyl (C=O) groups excluding carboxylic acids is 2. The minimum Gasteiger partial charge on any atom is -0.267 e. The number of thioether (sulfide) groups is 1. The molecule has 0 radical (unpaired) electrons. The Morgan fingerprint density at radius 3 is 2.45 bits per heavy atom. The second kappa shape index (κ2) is 7.19. The van der Waals surface area contributed by atoms with Gasteiger partial charge < -0.3 is 0 Å². The molecule has 0 saturated carbocycles. The zero-order valence-electron chi connectivity index (χ0n) is 11.3. The number of benzene rings is 1. The highest BCUT2D eigenvalue weighted by atomic mass is 35.5. The molecule has 1 heterocycles. The molecule has 1 aromatic heterocycles. The van der Waals surface area contributed by atoms with Gasteiger partial charge >= 0.3 is 0 Å². The van der Waals surface area contributed by atoms with Gasteiger partial charge in [0.2, 0.25) is 0 Å². The Balaban J connectivity index is 2.03. The highest BCUT2D eigenvalue weighted by molar-refractivity contribution is 7.98. The topological polar surface area (TPSA) is 84.0 Å². The predicted molar refractivity (Wildman–Crippen MR) is 80.2 cm³/mol. The summed E-state index contributed by atoms with van der Waals surface area (Å²) in [5.74, 6) is -1.74. The summed E-state index contributed by atoms with van der Waals surface area (Å²) < 4.78 is 12.8. The lowest BCUT2D eigenvalue weighted by Gasteiger charge is -2.08. The maximum absolute atomic E-state index is 12.8. The van der Waals surface area contributed by atoms with Crippen LogP contribution in [0.15, 0.2) is 35.6 Å². The van der Waals surface area contributed by atoms with Gasteiger partial charge in [0.1, 0.15) is 5.82 Å². The van der Waals surface area contributed by atoms with Crippen LogP contribution in [0.4, 0.5) is 4.39 Å². The van der Waals surface area contributed by atoms with E-state index in [1.807, 2.05) is 0 Å². The smallest absolute Gasteiger partial charge is 0.267 e. The van der Waals surface area contributed by atoms with E-state index in [-0.39, 0.29) is 16.3 Å². The molecular weight excluding hydrogens is 331 g/mol. The zero-order chi connectivity index (χ0) is 16.1. The number of amides is 2. The molecule has 2 N–H and O–H groups in total. The summed E-state index contributed by atoms with van der Waals surface area (Å²) in [7, 11) is 0. The molecule has 0 saturated heterocycles. The van der Waals surface area contributed by atoms with E-state index in [9.17, 15) is 14.0 Å². The van der Waals surface area contributed by atoms with Crippen molar-refractivity contribution in [3.8, 4) is 0 Å². The molecule has 2 aromatic rings. The maximum atomic E-state index is 12.8. The standard InChI is InChI=1S/C13H10ClFN4O2S/c1-22-13-16-6-9(14)10(17-13)12(21)19-18-11(20)7-2-4-8(15)5-3-7/h2-6H,1H3,(H,18,20)(H,19,21). The fourth-order valence-corrected chi connectivity index (χ4v) is 1.97. The van der Waals surface area contributed by atoms with Gasteiger partial charge in [-0.1, -0.05) is 23.4 Å². The summed E-state index contributed by atoms with van der Waals surface area (Å²) in [6, 6.07) is 4.87. The summed E-state index contributed by atoms with van der Waals surface area (Å²) >= 11 is 7.10. The highest BCUT2D eigenvalue weighted by Gasteiger charge is 2.15. The van der Waals surface area contributed by atoms with Gasteiger partial charge in [-0.05, 0) is 30.5 Å². The fraction of sp³-hybridized carbons (Fsp3) is 0.0769. The molecule has 0 aliphatic carbocycles. The van der Waals surface area contributed by atoms with Crippen molar-refractivity contribution in [1.29, 1.82) is 0 Å². The lowest BCUT2D eigenvalue weighted by Crippen LogP contribution is -2.42. The van der Waals surface area contributed by atoms with Gasteiger partial charge in [-0.15, -0.1) is 0 Å². The van der Waals surface area contributed by atoms with E-state index >= 15 is 0 Å². The number of hydrogen-bond donors (Lipinski definition) is 2. The molecular formula is C13H10ClFN4O2S. The van der Waals surface area contributed by atoms with E-state index in [1.54, 1.807) is 6.26 Å². The molecule has 114 valence electrons. The van der Waals surface area contributed by atoms with E-state index in [2.05, 4.69) is 20.8 Å². The number of nitrogens with one attached hydrogen (secondary N) is 2. The molecule has 2 rings (SSSR count). The number of halogens is 2. The molecule has 0 aliphatic rings. The van der Waals surface area contributed by atoms with E-state index in [4.69, 9.17) is 11.6 Å². The van der Waals surface area contributed by atoms with E-state index < -0.39 is 17.6 Å². The second-order valence-corrected chi connectivity index (χ2v) is 5.15. The van der Waals surface area contributed by atoms with Gasteiger partial charge in [-0.3, -0.25) is 20.4 Å². The van der Waals surface area contributed by atoms with E-state index in [1.165, 1.54) is 30.1 Å². The van der Waals surface area contributed by atoms with Crippen molar-refractivity contribution in [2.45, 2.75) is 5.16 Å². The lowest BCUT2D eigenvalue weighted by atomic mass is 10.2. The van der Waals surface area contributed by atoms with Crippen molar-refractivity contribution < 1.29 is 14.0 Å². The first-order valence-electron chi connectivity index (χ1n) is 5.94. The third-order valence-corrected chi connectivity index (χ3v) is 3.35. The van der Waals surface area contributed by atoms with Gasteiger partial charge in [-0.2, -0.15) is 0 Å². The van der Waals surface area contributed by atoms with Crippen molar-refractivity contribution in [3.63, 3.8) is 0 Å². The molecule has 0 bridgehead atoms. The fourth-order valence-electron chi connectivity index (χ4n) is 1.45. The summed E-state index contributed by atoms with van der Waals surface area (Å²) in [4.78, 5) is 31.6. The number of aromatic nitrogens is 2. The van der Waals surface area contributed by atoms with Gasteiger partial charge in [0.05, 0.1) is 11.2 Å². The Bertz CT molecular complexity index is 712. The van der Waals surface area contributed by atoms with Crippen LogP contribution in [0.1, 0.15) is 20.8 Å². The summed E-state index contributed by atoms with van der Waals surface area (Å²) in [6.45, 7) is 0. The van der Waals surface area contributed by atoms with Crippen LogP contribution in [0, 0.1) is 5.82 Å². The van der Waals surface area contributed by atoms with E-state index in [0.717, 1.165) is 12.1 Å². The molecule has 0 fully saturated rings. The number of hydrogen-bond acceptors (Lipinski definition) is 5. The SMILES string of the molecule is CSc1ncc(Cl)c(C(=O)NNC(=O)c2ccc(F)cc2)n1. The Hall–Kier alpha value is -2.19. The molecule has 0 unspecified atom stereocenters. The number of hydrazine groups is 1. The predicted octanol–water partition coefficient (Wildman–Crippen LogP) is 2.07. The third kappa shape index (κ3) is 3.92. The normalized spacial score (nSPS) is 10.1. The Morgan fingerprint density at radius 1 is 1.18 bits per heavy atom. The highest BCUT2D eigenvalue weighted by Crippen LogP contribution is 2.16. The zero-order valence-corrected chi connectivity index (χ0v) is 12.8. The van der Waals surface area contributed by atoms with Crippen LogP contribution in [-0.2, 0) is 0 Å². The van der Waals surface area contributed by atoms with Crippen molar-refractivity contribution in [2.24, 2.45) is 0 Å². The minimum atomic E-state index is -0.682. The molecule has 0 spiro atoms. The summed E-state index contributed by atoms with van der Waals surface area (Å²) in [6.07, 6.45) is 3.05. The van der Waals surface area contributed by atoms with Crippen LogP contribution in [0.3, 0.4) is 0 Å². The molecule has 1 aromatic carbocycles. The monoisotopic (exact) mass is 340 g/mol. The van der Waals surface area contributed by atoms with Gasteiger partial charge in [0, 0.05) is 5.56 Å².